The zero-order valence-electron chi connectivity index (χ0n) is 8.43. The number of rotatable bonds is 3. The van der Waals surface area contributed by atoms with Gasteiger partial charge >= 0.3 is 5.97 Å². The Labute approximate surface area is 87.9 Å². The second-order valence-electron chi connectivity index (χ2n) is 3.62. The summed E-state index contributed by atoms with van der Waals surface area (Å²) in [5, 5.41) is 11.7. The van der Waals surface area contributed by atoms with Crippen LogP contribution in [0.25, 0.3) is 0 Å². The molecule has 1 fully saturated rings. The van der Waals surface area contributed by atoms with Crippen molar-refractivity contribution in [3.05, 3.63) is 29.8 Å². The monoisotopic (exact) mass is 207 g/mol. The van der Waals surface area contributed by atoms with E-state index in [1.54, 1.807) is 7.11 Å². The van der Waals surface area contributed by atoms with E-state index in [2.05, 4.69) is 5.32 Å². The van der Waals surface area contributed by atoms with E-state index in [1.807, 2.05) is 24.3 Å². The van der Waals surface area contributed by atoms with Crippen molar-refractivity contribution in [1.29, 1.82) is 0 Å². The molecule has 0 spiro atoms. The van der Waals surface area contributed by atoms with Gasteiger partial charge in [-0.25, -0.2) is 0 Å². The van der Waals surface area contributed by atoms with Crippen LogP contribution in [0, 0.1) is 0 Å². The minimum atomic E-state index is -0.778. The molecule has 1 aromatic carbocycles. The van der Waals surface area contributed by atoms with E-state index in [-0.39, 0.29) is 6.04 Å². The second kappa shape index (κ2) is 3.90. The van der Waals surface area contributed by atoms with Crippen molar-refractivity contribution >= 4 is 5.97 Å². The van der Waals surface area contributed by atoms with Crippen LogP contribution in [0.2, 0.25) is 0 Å². The second-order valence-corrected chi connectivity index (χ2v) is 3.62. The van der Waals surface area contributed by atoms with Crippen LogP contribution in [0.5, 0.6) is 5.75 Å². The molecular formula is C11H13NO3. The number of carboxylic acid groups (broad SMARTS) is 1. The highest BCUT2D eigenvalue weighted by Crippen LogP contribution is 2.28. The van der Waals surface area contributed by atoms with Crippen LogP contribution >= 0.6 is 0 Å². The van der Waals surface area contributed by atoms with Crippen molar-refractivity contribution < 1.29 is 14.6 Å². The van der Waals surface area contributed by atoms with Gasteiger partial charge in [0, 0.05) is 6.04 Å². The van der Waals surface area contributed by atoms with Crippen LogP contribution in [0.3, 0.4) is 0 Å². The van der Waals surface area contributed by atoms with Gasteiger partial charge in [0.2, 0.25) is 0 Å². The summed E-state index contributed by atoms with van der Waals surface area (Å²) in [7, 11) is 1.62. The number of aliphatic carboxylic acids is 1. The number of benzene rings is 1. The van der Waals surface area contributed by atoms with Gasteiger partial charge in [0.1, 0.15) is 11.8 Å². The molecule has 1 heterocycles. The fourth-order valence-corrected chi connectivity index (χ4v) is 1.69. The summed E-state index contributed by atoms with van der Waals surface area (Å²) >= 11 is 0. The molecule has 80 valence electrons. The first-order valence-electron chi connectivity index (χ1n) is 4.83. The number of methoxy groups -OCH3 is 1. The van der Waals surface area contributed by atoms with Crippen LogP contribution < -0.4 is 10.1 Å². The largest absolute Gasteiger partial charge is 0.497 e. The van der Waals surface area contributed by atoms with Crippen LogP contribution in [0.4, 0.5) is 0 Å². The summed E-state index contributed by atoms with van der Waals surface area (Å²) in [5.74, 6) is 0.0348. The summed E-state index contributed by atoms with van der Waals surface area (Å²) in [6, 6.07) is 7.44. The quantitative estimate of drug-likeness (QED) is 0.781. The minimum absolute atomic E-state index is 0.164. The molecule has 2 unspecified atom stereocenters. The van der Waals surface area contributed by atoms with Gasteiger partial charge in [0.15, 0.2) is 0 Å². The summed E-state index contributed by atoms with van der Waals surface area (Å²) < 4.78 is 5.05. The number of carbonyl (C=O) groups is 1. The minimum Gasteiger partial charge on any atom is -0.497 e. The molecule has 2 rings (SSSR count). The number of ether oxygens (including phenoxy) is 1. The molecule has 1 aliphatic heterocycles. The van der Waals surface area contributed by atoms with Crippen LogP contribution in [-0.2, 0) is 4.79 Å². The normalized spacial score (nSPS) is 24.3. The Morgan fingerprint density at radius 1 is 1.47 bits per heavy atom. The van der Waals surface area contributed by atoms with Crippen LogP contribution in [0.1, 0.15) is 18.0 Å². The average molecular weight is 207 g/mol. The van der Waals surface area contributed by atoms with Gasteiger partial charge in [-0.1, -0.05) is 12.1 Å². The predicted octanol–water partition coefficient (Wildman–Crippen LogP) is 1.18. The average Bonchev–Trinajstić information content (AvgIpc) is 2.16. The Bertz CT molecular complexity index is 355. The fraction of sp³-hybridized carbons (Fsp3) is 0.364. The van der Waals surface area contributed by atoms with Crippen molar-refractivity contribution in [2.24, 2.45) is 0 Å². The van der Waals surface area contributed by atoms with Gasteiger partial charge in [-0.2, -0.15) is 0 Å². The molecule has 1 aromatic rings. The van der Waals surface area contributed by atoms with E-state index < -0.39 is 12.0 Å². The summed E-state index contributed by atoms with van der Waals surface area (Å²) in [5.41, 5.74) is 1.10. The molecule has 0 aromatic heterocycles. The lowest BCUT2D eigenvalue weighted by atomic mass is 9.91. The third kappa shape index (κ3) is 1.94. The molecule has 1 saturated heterocycles. The topological polar surface area (TPSA) is 58.6 Å². The lowest BCUT2D eigenvalue weighted by Crippen LogP contribution is -2.50. The van der Waals surface area contributed by atoms with Gasteiger partial charge in [-0.15, -0.1) is 0 Å². The van der Waals surface area contributed by atoms with Crippen molar-refractivity contribution in [2.45, 2.75) is 18.5 Å². The Hall–Kier alpha value is -1.55. The molecule has 1 aliphatic rings. The molecule has 0 amide bonds. The number of nitrogens with one attached hydrogen (secondary N) is 1. The summed E-state index contributed by atoms with van der Waals surface area (Å²) in [6.07, 6.45) is 0.654. The molecule has 0 radical (unpaired) electrons. The first kappa shape index (κ1) is 9.98. The fourth-order valence-electron chi connectivity index (χ4n) is 1.69. The van der Waals surface area contributed by atoms with E-state index in [9.17, 15) is 4.79 Å². The Morgan fingerprint density at radius 3 is 2.53 bits per heavy atom. The summed E-state index contributed by atoms with van der Waals surface area (Å²) in [6.45, 7) is 0. The molecule has 2 atom stereocenters. The van der Waals surface area contributed by atoms with Crippen LogP contribution in [0.15, 0.2) is 24.3 Å². The predicted molar refractivity (Wildman–Crippen MR) is 54.9 cm³/mol. The van der Waals surface area contributed by atoms with Gasteiger partial charge in [-0.3, -0.25) is 10.1 Å². The first-order chi connectivity index (χ1) is 7.20. The molecule has 2 N–H and O–H groups in total. The molecule has 4 heteroatoms. The number of hydrogen-bond acceptors (Lipinski definition) is 3. The van der Waals surface area contributed by atoms with E-state index in [4.69, 9.17) is 9.84 Å². The molecule has 4 nitrogen and oxygen atoms in total. The Morgan fingerprint density at radius 2 is 2.07 bits per heavy atom. The third-order valence-corrected chi connectivity index (χ3v) is 2.69. The molecule has 0 saturated carbocycles. The molecule has 15 heavy (non-hydrogen) atoms. The van der Waals surface area contributed by atoms with E-state index in [0.29, 0.717) is 6.42 Å². The highest BCUT2D eigenvalue weighted by Gasteiger charge is 2.34. The van der Waals surface area contributed by atoms with E-state index >= 15 is 0 Å². The van der Waals surface area contributed by atoms with Gasteiger partial charge < -0.3 is 9.84 Å². The Balaban J connectivity index is 1.98. The van der Waals surface area contributed by atoms with Crippen molar-refractivity contribution in [1.82, 2.24) is 5.32 Å². The molecule has 0 aliphatic carbocycles. The van der Waals surface area contributed by atoms with Crippen molar-refractivity contribution in [3.8, 4) is 5.75 Å². The maximum absolute atomic E-state index is 10.6. The maximum atomic E-state index is 10.6. The number of carboxylic acids is 1. The van der Waals surface area contributed by atoms with Gasteiger partial charge in [0.25, 0.3) is 0 Å². The molecular weight excluding hydrogens is 194 g/mol. The standard InChI is InChI=1S/C11H13NO3/c1-15-8-4-2-7(3-5-8)9-6-10(12-9)11(13)14/h2-5,9-10,12H,6H2,1H3,(H,13,14). The van der Waals surface area contributed by atoms with Crippen molar-refractivity contribution in [3.63, 3.8) is 0 Å². The summed E-state index contributed by atoms with van der Waals surface area (Å²) in [4.78, 5) is 10.6. The zero-order chi connectivity index (χ0) is 10.8. The van der Waals surface area contributed by atoms with Crippen molar-refractivity contribution in [2.75, 3.05) is 7.11 Å². The van der Waals surface area contributed by atoms with E-state index in [1.165, 1.54) is 0 Å². The number of hydrogen-bond donors (Lipinski definition) is 2. The zero-order valence-corrected chi connectivity index (χ0v) is 8.43. The highest BCUT2D eigenvalue weighted by molar-refractivity contribution is 5.75. The first-order valence-corrected chi connectivity index (χ1v) is 4.83. The lowest BCUT2D eigenvalue weighted by Gasteiger charge is -2.34. The third-order valence-electron chi connectivity index (χ3n) is 2.69. The smallest absolute Gasteiger partial charge is 0.320 e. The highest BCUT2D eigenvalue weighted by atomic mass is 16.5. The molecule has 0 bridgehead atoms. The van der Waals surface area contributed by atoms with E-state index in [0.717, 1.165) is 11.3 Å². The Kier molecular flexibility index (Phi) is 2.60. The lowest BCUT2D eigenvalue weighted by molar-refractivity contribution is -0.142. The van der Waals surface area contributed by atoms with Gasteiger partial charge in [0.05, 0.1) is 7.11 Å². The van der Waals surface area contributed by atoms with Gasteiger partial charge in [-0.05, 0) is 24.1 Å². The van der Waals surface area contributed by atoms with Crippen LogP contribution in [-0.4, -0.2) is 24.2 Å². The maximum Gasteiger partial charge on any atom is 0.320 e. The SMILES string of the molecule is COc1ccc(C2CC(C(=O)O)N2)cc1.